The summed E-state index contributed by atoms with van der Waals surface area (Å²) < 4.78 is 21.3. The Morgan fingerprint density at radius 3 is 2.26 bits per heavy atom. The third-order valence-corrected chi connectivity index (χ3v) is 2.70. The van der Waals surface area contributed by atoms with Gasteiger partial charge in [0, 0.05) is 13.2 Å². The highest BCUT2D eigenvalue weighted by molar-refractivity contribution is 5.71. The molecule has 0 amide bonds. The van der Waals surface area contributed by atoms with E-state index in [-0.39, 0.29) is 12.6 Å². The molecule has 0 fully saturated rings. The van der Waals surface area contributed by atoms with E-state index in [2.05, 4.69) is 0 Å². The van der Waals surface area contributed by atoms with Crippen molar-refractivity contribution in [3.05, 3.63) is 35.9 Å². The lowest BCUT2D eigenvalue weighted by molar-refractivity contribution is -0.160. The van der Waals surface area contributed by atoms with Crippen molar-refractivity contribution < 1.29 is 23.7 Å². The van der Waals surface area contributed by atoms with Crippen LogP contribution in [0.2, 0.25) is 0 Å². The molecule has 0 radical (unpaired) electrons. The third-order valence-electron chi connectivity index (χ3n) is 2.70. The number of benzene rings is 1. The summed E-state index contributed by atoms with van der Waals surface area (Å²) >= 11 is 0. The predicted molar refractivity (Wildman–Crippen MR) is 88.2 cm³/mol. The van der Waals surface area contributed by atoms with Gasteiger partial charge in [0.25, 0.3) is 0 Å². The van der Waals surface area contributed by atoms with Crippen LogP contribution in [0.1, 0.15) is 32.8 Å². The first-order valence-electron chi connectivity index (χ1n) is 7.96. The summed E-state index contributed by atoms with van der Waals surface area (Å²) in [7, 11) is 0. The van der Waals surface area contributed by atoms with Crippen LogP contribution in [0, 0.1) is 0 Å². The maximum Gasteiger partial charge on any atom is 0.332 e. The SMILES string of the molecule is CC(C)(C)OC(=O)COCCCOCCOCc1ccccc1. The van der Waals surface area contributed by atoms with E-state index in [4.69, 9.17) is 18.9 Å². The zero-order valence-electron chi connectivity index (χ0n) is 14.4. The number of esters is 1. The van der Waals surface area contributed by atoms with Crippen molar-refractivity contribution in [3.63, 3.8) is 0 Å². The minimum Gasteiger partial charge on any atom is -0.458 e. The van der Waals surface area contributed by atoms with E-state index in [1.54, 1.807) is 0 Å². The average molecular weight is 324 g/mol. The molecule has 0 saturated heterocycles. The maximum absolute atomic E-state index is 11.4. The minimum atomic E-state index is -0.469. The quantitative estimate of drug-likeness (QED) is 0.463. The van der Waals surface area contributed by atoms with Gasteiger partial charge in [-0.25, -0.2) is 4.79 Å². The van der Waals surface area contributed by atoms with Crippen LogP contribution in [0.15, 0.2) is 30.3 Å². The molecule has 0 saturated carbocycles. The predicted octanol–water partition coefficient (Wildman–Crippen LogP) is 2.97. The molecule has 0 bridgehead atoms. The maximum atomic E-state index is 11.4. The molecule has 130 valence electrons. The molecule has 23 heavy (non-hydrogen) atoms. The van der Waals surface area contributed by atoms with E-state index in [1.165, 1.54) is 0 Å². The van der Waals surface area contributed by atoms with Crippen molar-refractivity contribution in [1.82, 2.24) is 0 Å². The summed E-state index contributed by atoms with van der Waals surface area (Å²) in [6.45, 7) is 8.26. The number of ether oxygens (including phenoxy) is 4. The van der Waals surface area contributed by atoms with Crippen molar-refractivity contribution >= 4 is 5.97 Å². The number of rotatable bonds is 11. The standard InChI is InChI=1S/C18H28O5/c1-18(2,3)23-17(19)15-21-11-7-10-20-12-13-22-14-16-8-5-4-6-9-16/h4-6,8-9H,7,10-15H2,1-3H3. The van der Waals surface area contributed by atoms with Gasteiger partial charge in [-0.05, 0) is 32.8 Å². The highest BCUT2D eigenvalue weighted by Gasteiger charge is 2.15. The molecular formula is C18H28O5. The van der Waals surface area contributed by atoms with Crippen LogP contribution < -0.4 is 0 Å². The Labute approximate surface area is 138 Å². The molecule has 0 aliphatic carbocycles. The molecule has 5 heteroatoms. The molecular weight excluding hydrogens is 296 g/mol. The molecule has 0 heterocycles. The fourth-order valence-electron chi connectivity index (χ4n) is 1.77. The minimum absolute atomic E-state index is 0.0164. The zero-order chi connectivity index (χ0) is 17.0. The second-order valence-electron chi connectivity index (χ2n) is 6.14. The second kappa shape index (κ2) is 11.2. The molecule has 0 spiro atoms. The van der Waals surface area contributed by atoms with E-state index < -0.39 is 5.60 Å². The van der Waals surface area contributed by atoms with Gasteiger partial charge in [-0.3, -0.25) is 0 Å². The molecule has 1 rings (SSSR count). The van der Waals surface area contributed by atoms with Crippen molar-refractivity contribution in [2.45, 2.75) is 39.4 Å². The first-order chi connectivity index (χ1) is 11.0. The summed E-state index contributed by atoms with van der Waals surface area (Å²) in [5.74, 6) is -0.340. The second-order valence-corrected chi connectivity index (χ2v) is 6.14. The Balaban J connectivity index is 1.86. The monoisotopic (exact) mass is 324 g/mol. The number of carbonyl (C=O) groups is 1. The molecule has 1 aromatic rings. The highest BCUT2D eigenvalue weighted by Crippen LogP contribution is 2.06. The van der Waals surface area contributed by atoms with Crippen LogP contribution in [0.25, 0.3) is 0 Å². The summed E-state index contributed by atoms with van der Waals surface area (Å²) in [6.07, 6.45) is 0.738. The number of carbonyl (C=O) groups excluding carboxylic acids is 1. The molecule has 0 unspecified atom stereocenters. The lowest BCUT2D eigenvalue weighted by Gasteiger charge is -2.19. The number of hydrogen-bond acceptors (Lipinski definition) is 5. The molecule has 0 aliphatic heterocycles. The summed E-state index contributed by atoms with van der Waals surface area (Å²) in [5, 5.41) is 0. The Bertz CT molecular complexity index is 425. The van der Waals surface area contributed by atoms with Crippen LogP contribution >= 0.6 is 0 Å². The van der Waals surface area contributed by atoms with Crippen LogP contribution in [-0.2, 0) is 30.3 Å². The Kier molecular flexibility index (Phi) is 9.52. The molecule has 0 aromatic heterocycles. The highest BCUT2D eigenvalue weighted by atomic mass is 16.6. The molecule has 0 N–H and O–H groups in total. The fourth-order valence-corrected chi connectivity index (χ4v) is 1.77. The summed E-state index contributed by atoms with van der Waals surface area (Å²) in [6, 6.07) is 10.0. The van der Waals surface area contributed by atoms with Crippen molar-refractivity contribution in [2.75, 3.05) is 33.0 Å². The van der Waals surface area contributed by atoms with Crippen LogP contribution in [0.4, 0.5) is 0 Å². The number of hydrogen-bond donors (Lipinski definition) is 0. The van der Waals surface area contributed by atoms with Crippen LogP contribution in [0.5, 0.6) is 0 Å². The van der Waals surface area contributed by atoms with Gasteiger partial charge in [0.1, 0.15) is 12.2 Å². The first kappa shape index (κ1) is 19.6. The van der Waals surface area contributed by atoms with Gasteiger partial charge < -0.3 is 18.9 Å². The van der Waals surface area contributed by atoms with Gasteiger partial charge in [-0.2, -0.15) is 0 Å². The van der Waals surface area contributed by atoms with Crippen molar-refractivity contribution in [1.29, 1.82) is 0 Å². The smallest absolute Gasteiger partial charge is 0.332 e. The van der Waals surface area contributed by atoms with E-state index >= 15 is 0 Å². The average Bonchev–Trinajstić information content (AvgIpc) is 2.48. The van der Waals surface area contributed by atoms with E-state index in [0.29, 0.717) is 33.0 Å². The van der Waals surface area contributed by atoms with Gasteiger partial charge in [0.05, 0.1) is 19.8 Å². The van der Waals surface area contributed by atoms with Gasteiger partial charge in [-0.15, -0.1) is 0 Å². The Morgan fingerprint density at radius 2 is 1.57 bits per heavy atom. The summed E-state index contributed by atoms with van der Waals surface area (Å²) in [4.78, 5) is 11.4. The lowest BCUT2D eigenvalue weighted by atomic mass is 10.2. The lowest BCUT2D eigenvalue weighted by Crippen LogP contribution is -2.26. The fraction of sp³-hybridized carbons (Fsp3) is 0.611. The zero-order valence-corrected chi connectivity index (χ0v) is 14.4. The van der Waals surface area contributed by atoms with Gasteiger partial charge in [-0.1, -0.05) is 30.3 Å². The van der Waals surface area contributed by atoms with E-state index in [1.807, 2.05) is 51.1 Å². The Hall–Kier alpha value is -1.43. The van der Waals surface area contributed by atoms with Crippen molar-refractivity contribution in [2.24, 2.45) is 0 Å². The normalized spacial score (nSPS) is 11.4. The molecule has 0 aliphatic rings. The first-order valence-corrected chi connectivity index (χ1v) is 7.96. The molecule has 0 atom stereocenters. The largest absolute Gasteiger partial charge is 0.458 e. The van der Waals surface area contributed by atoms with Gasteiger partial charge in [0.2, 0.25) is 0 Å². The molecule has 1 aromatic carbocycles. The third kappa shape index (κ3) is 11.8. The van der Waals surface area contributed by atoms with Crippen LogP contribution in [0.3, 0.4) is 0 Å². The van der Waals surface area contributed by atoms with E-state index in [0.717, 1.165) is 12.0 Å². The van der Waals surface area contributed by atoms with E-state index in [9.17, 15) is 4.79 Å². The summed E-state index contributed by atoms with van der Waals surface area (Å²) in [5.41, 5.74) is 0.687. The van der Waals surface area contributed by atoms with Gasteiger partial charge >= 0.3 is 5.97 Å². The van der Waals surface area contributed by atoms with Crippen molar-refractivity contribution in [3.8, 4) is 0 Å². The topological polar surface area (TPSA) is 54.0 Å². The molecule has 5 nitrogen and oxygen atoms in total. The Morgan fingerprint density at radius 1 is 0.913 bits per heavy atom. The van der Waals surface area contributed by atoms with Crippen LogP contribution in [-0.4, -0.2) is 44.6 Å². The van der Waals surface area contributed by atoms with Gasteiger partial charge in [0.15, 0.2) is 0 Å².